The highest BCUT2D eigenvalue weighted by atomic mass is 79.9. The fourth-order valence-corrected chi connectivity index (χ4v) is 1.76. The lowest BCUT2D eigenvalue weighted by Gasteiger charge is -2.07. The SMILES string of the molecule is Cc1ncc(Br)c(=O)n1Cc1ccn(C)n1. The lowest BCUT2D eigenvalue weighted by atomic mass is 10.4. The average Bonchev–Trinajstić information content (AvgIpc) is 2.65. The molecule has 84 valence electrons. The summed E-state index contributed by atoms with van der Waals surface area (Å²) in [6, 6.07) is 1.88. The van der Waals surface area contributed by atoms with Crippen LogP contribution in [0.3, 0.4) is 0 Å². The van der Waals surface area contributed by atoms with Gasteiger partial charge < -0.3 is 0 Å². The molecule has 0 saturated heterocycles. The van der Waals surface area contributed by atoms with Gasteiger partial charge >= 0.3 is 0 Å². The summed E-state index contributed by atoms with van der Waals surface area (Å²) in [7, 11) is 1.85. The van der Waals surface area contributed by atoms with Crippen molar-refractivity contribution in [2.75, 3.05) is 0 Å². The summed E-state index contributed by atoms with van der Waals surface area (Å²) in [5.74, 6) is 0.679. The molecule has 0 aliphatic carbocycles. The molecule has 0 radical (unpaired) electrons. The molecular formula is C10H11BrN4O. The van der Waals surface area contributed by atoms with Crippen molar-refractivity contribution in [3.8, 4) is 0 Å². The predicted molar refractivity (Wildman–Crippen MR) is 63.2 cm³/mol. The second-order valence-electron chi connectivity index (χ2n) is 3.53. The molecule has 5 nitrogen and oxygen atoms in total. The Bertz CT molecular complexity index is 572. The van der Waals surface area contributed by atoms with Gasteiger partial charge in [0.2, 0.25) is 0 Å². The Hall–Kier alpha value is -1.43. The number of hydrogen-bond acceptors (Lipinski definition) is 3. The van der Waals surface area contributed by atoms with Crippen molar-refractivity contribution < 1.29 is 0 Å². The molecular weight excluding hydrogens is 272 g/mol. The van der Waals surface area contributed by atoms with Crippen LogP contribution in [0.1, 0.15) is 11.5 Å². The number of nitrogens with zero attached hydrogens (tertiary/aromatic N) is 4. The van der Waals surface area contributed by atoms with Crippen molar-refractivity contribution in [3.05, 3.63) is 44.8 Å². The Morgan fingerprint density at radius 2 is 2.25 bits per heavy atom. The van der Waals surface area contributed by atoms with Crippen LogP contribution in [0.25, 0.3) is 0 Å². The van der Waals surface area contributed by atoms with E-state index in [9.17, 15) is 4.79 Å². The molecule has 0 atom stereocenters. The third kappa shape index (κ3) is 2.06. The highest BCUT2D eigenvalue weighted by Crippen LogP contribution is 2.04. The molecule has 0 aliphatic heterocycles. The van der Waals surface area contributed by atoms with E-state index in [1.54, 1.807) is 16.2 Å². The smallest absolute Gasteiger partial charge is 0.268 e. The zero-order chi connectivity index (χ0) is 11.7. The van der Waals surface area contributed by atoms with Gasteiger partial charge in [-0.2, -0.15) is 5.10 Å². The highest BCUT2D eigenvalue weighted by molar-refractivity contribution is 9.10. The van der Waals surface area contributed by atoms with Gasteiger partial charge in [0.15, 0.2) is 0 Å². The molecule has 0 amide bonds. The lowest BCUT2D eigenvalue weighted by Crippen LogP contribution is -2.24. The van der Waals surface area contributed by atoms with E-state index in [1.165, 1.54) is 6.20 Å². The van der Waals surface area contributed by atoms with Crippen LogP contribution in [-0.2, 0) is 13.6 Å². The summed E-state index contributed by atoms with van der Waals surface area (Å²) in [5, 5.41) is 4.23. The second kappa shape index (κ2) is 4.21. The van der Waals surface area contributed by atoms with E-state index in [1.807, 2.05) is 19.3 Å². The lowest BCUT2D eigenvalue weighted by molar-refractivity contribution is 0.658. The van der Waals surface area contributed by atoms with Crippen LogP contribution in [0, 0.1) is 6.92 Å². The number of aryl methyl sites for hydroxylation is 2. The molecule has 0 N–H and O–H groups in total. The van der Waals surface area contributed by atoms with E-state index in [-0.39, 0.29) is 5.56 Å². The maximum absolute atomic E-state index is 11.8. The van der Waals surface area contributed by atoms with Crippen LogP contribution < -0.4 is 5.56 Å². The standard InChI is InChI=1S/C10H11BrN4O/c1-7-12-5-9(11)10(16)15(7)6-8-3-4-14(2)13-8/h3-5H,6H2,1-2H3. The minimum absolute atomic E-state index is 0.0850. The van der Waals surface area contributed by atoms with E-state index < -0.39 is 0 Å². The minimum atomic E-state index is -0.0850. The molecule has 0 aromatic carbocycles. The normalized spacial score (nSPS) is 10.7. The van der Waals surface area contributed by atoms with Gasteiger partial charge in [-0.1, -0.05) is 0 Å². The Labute approximate surface area is 101 Å². The van der Waals surface area contributed by atoms with Crippen molar-refractivity contribution in [1.29, 1.82) is 0 Å². The van der Waals surface area contributed by atoms with Crippen LogP contribution in [-0.4, -0.2) is 19.3 Å². The molecule has 2 aromatic rings. The molecule has 6 heteroatoms. The topological polar surface area (TPSA) is 52.7 Å². The van der Waals surface area contributed by atoms with E-state index in [0.29, 0.717) is 16.8 Å². The van der Waals surface area contributed by atoms with E-state index in [2.05, 4.69) is 26.0 Å². The van der Waals surface area contributed by atoms with Crippen molar-refractivity contribution in [2.45, 2.75) is 13.5 Å². The van der Waals surface area contributed by atoms with E-state index in [0.717, 1.165) is 5.69 Å². The second-order valence-corrected chi connectivity index (χ2v) is 4.38. The van der Waals surface area contributed by atoms with E-state index >= 15 is 0 Å². The van der Waals surface area contributed by atoms with Gasteiger partial charge in [0, 0.05) is 19.4 Å². The Morgan fingerprint density at radius 1 is 1.50 bits per heavy atom. The predicted octanol–water partition coefficient (Wildman–Crippen LogP) is 1.10. The first-order chi connectivity index (χ1) is 7.58. The molecule has 0 unspecified atom stereocenters. The number of hydrogen-bond donors (Lipinski definition) is 0. The highest BCUT2D eigenvalue weighted by Gasteiger charge is 2.07. The molecule has 0 aliphatic rings. The largest absolute Gasteiger partial charge is 0.290 e. The molecule has 2 aromatic heterocycles. The van der Waals surface area contributed by atoms with Crippen molar-refractivity contribution in [1.82, 2.24) is 19.3 Å². The summed E-state index contributed by atoms with van der Waals surface area (Å²) in [6.45, 7) is 2.24. The van der Waals surface area contributed by atoms with Gasteiger partial charge in [-0.25, -0.2) is 4.98 Å². The maximum atomic E-state index is 11.8. The Balaban J connectivity index is 2.42. The van der Waals surface area contributed by atoms with Crippen LogP contribution in [0.2, 0.25) is 0 Å². The van der Waals surface area contributed by atoms with E-state index in [4.69, 9.17) is 0 Å². The molecule has 0 bridgehead atoms. The van der Waals surface area contributed by atoms with Gasteiger partial charge in [-0.05, 0) is 28.9 Å². The molecule has 0 fully saturated rings. The molecule has 16 heavy (non-hydrogen) atoms. The van der Waals surface area contributed by atoms with Gasteiger partial charge in [-0.3, -0.25) is 14.0 Å². The zero-order valence-corrected chi connectivity index (χ0v) is 10.6. The summed E-state index contributed by atoms with van der Waals surface area (Å²) in [5.41, 5.74) is 0.755. The number of halogens is 1. The van der Waals surface area contributed by atoms with Crippen molar-refractivity contribution in [3.63, 3.8) is 0 Å². The average molecular weight is 283 g/mol. The quantitative estimate of drug-likeness (QED) is 0.829. The zero-order valence-electron chi connectivity index (χ0n) is 9.01. The van der Waals surface area contributed by atoms with Gasteiger partial charge in [-0.15, -0.1) is 0 Å². The summed E-state index contributed by atoms with van der Waals surface area (Å²) < 4.78 is 3.77. The molecule has 2 rings (SSSR count). The third-order valence-electron chi connectivity index (χ3n) is 2.29. The molecule has 0 spiro atoms. The van der Waals surface area contributed by atoms with Gasteiger partial charge in [0.1, 0.15) is 10.3 Å². The third-order valence-corrected chi connectivity index (χ3v) is 2.84. The van der Waals surface area contributed by atoms with Crippen LogP contribution in [0.5, 0.6) is 0 Å². The van der Waals surface area contributed by atoms with Crippen LogP contribution in [0.4, 0.5) is 0 Å². The Morgan fingerprint density at radius 3 is 2.88 bits per heavy atom. The van der Waals surface area contributed by atoms with Crippen LogP contribution in [0.15, 0.2) is 27.7 Å². The minimum Gasteiger partial charge on any atom is -0.290 e. The first kappa shape index (κ1) is 11.1. The summed E-state index contributed by atoms with van der Waals surface area (Å²) in [4.78, 5) is 16.0. The fraction of sp³-hybridized carbons (Fsp3) is 0.300. The van der Waals surface area contributed by atoms with Gasteiger partial charge in [0.25, 0.3) is 5.56 Å². The van der Waals surface area contributed by atoms with Crippen molar-refractivity contribution in [2.24, 2.45) is 7.05 Å². The summed E-state index contributed by atoms with van der Waals surface area (Å²) in [6.07, 6.45) is 3.37. The maximum Gasteiger partial charge on any atom is 0.268 e. The first-order valence-electron chi connectivity index (χ1n) is 4.78. The number of aromatic nitrogens is 4. The summed E-state index contributed by atoms with van der Waals surface area (Å²) >= 11 is 3.18. The first-order valence-corrected chi connectivity index (χ1v) is 5.57. The van der Waals surface area contributed by atoms with Crippen LogP contribution >= 0.6 is 15.9 Å². The van der Waals surface area contributed by atoms with Gasteiger partial charge in [0.05, 0.1) is 12.2 Å². The molecule has 2 heterocycles. The molecule has 0 saturated carbocycles. The monoisotopic (exact) mass is 282 g/mol. The Kier molecular flexibility index (Phi) is 2.91. The number of rotatable bonds is 2. The fourth-order valence-electron chi connectivity index (χ4n) is 1.45. The van der Waals surface area contributed by atoms with Crippen molar-refractivity contribution >= 4 is 15.9 Å².